The number of hydrogen-bond donors (Lipinski definition) is 5. The van der Waals surface area contributed by atoms with Crippen molar-refractivity contribution in [2.45, 2.75) is 74.7 Å². The molecule has 0 saturated carbocycles. The highest BCUT2D eigenvalue weighted by Gasteiger charge is 2.53. The number of azide groups is 1. The summed E-state index contributed by atoms with van der Waals surface area (Å²) in [5.41, 5.74) is 8.18. The van der Waals surface area contributed by atoms with Crippen LogP contribution in [0.4, 0.5) is 0 Å². The molecule has 3 heterocycles. The summed E-state index contributed by atoms with van der Waals surface area (Å²) in [5.74, 6) is 0.317. The smallest absolute Gasteiger partial charge is 0.227 e. The Hall–Kier alpha value is -1.66. The number of aliphatic imine (C=N–C) groups is 1. The molecule has 10 atom stereocenters. The summed E-state index contributed by atoms with van der Waals surface area (Å²) >= 11 is 0. The van der Waals surface area contributed by atoms with E-state index in [0.717, 1.165) is 0 Å². The summed E-state index contributed by atoms with van der Waals surface area (Å²) < 4.78 is 38.8. The molecule has 0 aliphatic carbocycles. The minimum atomic E-state index is -1.50. The molecule has 3 rings (SSSR count). The van der Waals surface area contributed by atoms with Crippen molar-refractivity contribution in [3.63, 3.8) is 0 Å². The maximum absolute atomic E-state index is 10.8. The first-order chi connectivity index (χ1) is 17.9. The van der Waals surface area contributed by atoms with Crippen LogP contribution in [0.5, 0.6) is 0 Å². The first-order valence-electron chi connectivity index (χ1n) is 12.1. The van der Waals surface area contributed by atoms with Crippen LogP contribution in [0.1, 0.15) is 13.3 Å². The van der Waals surface area contributed by atoms with Gasteiger partial charge in [-0.1, -0.05) is 5.11 Å². The Bertz CT molecular complexity index is 772. The summed E-state index contributed by atoms with van der Waals surface area (Å²) in [4.78, 5) is 6.81. The van der Waals surface area contributed by atoms with Crippen LogP contribution in [0.3, 0.4) is 0 Å². The SMILES string of the molecule is CC1=NC2[C@@H](O1)OC(CO)[C@@H](O[C@@H]1OC(CO)[C@@H](O)[C@H](OCCOCCCOCCN=[N+]=[N-])C1O)[C@@H]2O. The Balaban J connectivity index is 1.48. The maximum Gasteiger partial charge on any atom is 0.227 e. The van der Waals surface area contributed by atoms with Gasteiger partial charge >= 0.3 is 0 Å². The second-order valence-electron chi connectivity index (χ2n) is 8.65. The van der Waals surface area contributed by atoms with Crippen LogP contribution in [0.15, 0.2) is 10.1 Å². The summed E-state index contributed by atoms with van der Waals surface area (Å²) in [7, 11) is 0. The first-order valence-corrected chi connectivity index (χ1v) is 12.1. The fraction of sp³-hybridized carbons (Fsp3) is 0.952. The third-order valence-corrected chi connectivity index (χ3v) is 6.07. The van der Waals surface area contributed by atoms with E-state index in [1.54, 1.807) is 6.92 Å². The molecular weight excluding hydrogens is 500 g/mol. The lowest BCUT2D eigenvalue weighted by molar-refractivity contribution is -0.345. The summed E-state index contributed by atoms with van der Waals surface area (Å²) in [5, 5.41) is 55.0. The normalized spacial score (nSPS) is 37.4. The average Bonchev–Trinajstić information content (AvgIpc) is 3.27. The molecule has 16 heteroatoms. The van der Waals surface area contributed by atoms with Gasteiger partial charge in [-0.15, -0.1) is 0 Å². The molecule has 5 N–H and O–H groups in total. The van der Waals surface area contributed by atoms with Gasteiger partial charge in [0.25, 0.3) is 0 Å². The van der Waals surface area contributed by atoms with E-state index >= 15 is 0 Å². The summed E-state index contributed by atoms with van der Waals surface area (Å²) in [6.07, 6.45) is -10.3. The predicted molar refractivity (Wildman–Crippen MR) is 122 cm³/mol. The number of aliphatic hydroxyl groups excluding tert-OH is 5. The standard InChI is InChI=1S/C21H36N4O12/c1-11-24-14-16(29)18(13(10-27)36-20(14)34-11)37-21-17(30)19(15(28)12(9-26)35-21)33-8-7-32-5-2-4-31-6-3-23-25-22/h12-21,26-30H,2-10H2,1H3/t12?,13?,14?,15-,16-,17?,18-,19+,20+,21+/m1/s1. The Morgan fingerprint density at radius 3 is 2.35 bits per heavy atom. The van der Waals surface area contributed by atoms with E-state index < -0.39 is 74.6 Å². The number of aliphatic hydroxyl groups is 5. The lowest BCUT2D eigenvalue weighted by atomic mass is 9.96. The number of nitrogens with zero attached hydrogens (tertiary/aromatic N) is 4. The van der Waals surface area contributed by atoms with E-state index in [1.165, 1.54) is 0 Å². The minimum absolute atomic E-state index is 0.0188. The molecule has 3 aliphatic heterocycles. The zero-order valence-corrected chi connectivity index (χ0v) is 20.5. The highest BCUT2D eigenvalue weighted by Crippen LogP contribution is 2.33. The van der Waals surface area contributed by atoms with E-state index in [2.05, 4.69) is 15.0 Å². The second kappa shape index (κ2) is 15.1. The highest BCUT2D eigenvalue weighted by atomic mass is 16.7. The highest BCUT2D eigenvalue weighted by molar-refractivity contribution is 5.75. The van der Waals surface area contributed by atoms with Crippen molar-refractivity contribution in [3.8, 4) is 0 Å². The number of ether oxygens (including phenoxy) is 7. The molecule has 2 fully saturated rings. The zero-order valence-electron chi connectivity index (χ0n) is 20.5. The zero-order chi connectivity index (χ0) is 26.8. The maximum atomic E-state index is 10.8. The number of hydrogen-bond acceptors (Lipinski definition) is 14. The van der Waals surface area contributed by atoms with E-state index in [0.29, 0.717) is 32.1 Å². The fourth-order valence-electron chi connectivity index (χ4n) is 4.24. The van der Waals surface area contributed by atoms with Crippen LogP contribution < -0.4 is 0 Å². The van der Waals surface area contributed by atoms with Crippen molar-refractivity contribution in [1.29, 1.82) is 0 Å². The van der Waals surface area contributed by atoms with E-state index in [1.807, 2.05) is 0 Å². The molecule has 16 nitrogen and oxygen atoms in total. The van der Waals surface area contributed by atoms with Gasteiger partial charge in [0.2, 0.25) is 6.29 Å². The topological polar surface area (TPSA) is 227 Å². The van der Waals surface area contributed by atoms with Gasteiger partial charge in [0.15, 0.2) is 12.2 Å². The van der Waals surface area contributed by atoms with E-state index in [-0.39, 0.29) is 19.8 Å². The van der Waals surface area contributed by atoms with Gasteiger partial charge in [-0.2, -0.15) is 0 Å². The molecule has 37 heavy (non-hydrogen) atoms. The Morgan fingerprint density at radius 2 is 1.65 bits per heavy atom. The average molecular weight is 537 g/mol. The lowest BCUT2D eigenvalue weighted by Crippen LogP contribution is -2.64. The van der Waals surface area contributed by atoms with Crippen LogP contribution >= 0.6 is 0 Å². The van der Waals surface area contributed by atoms with Crippen molar-refractivity contribution >= 4 is 5.90 Å². The molecule has 2 saturated heterocycles. The van der Waals surface area contributed by atoms with Crippen LogP contribution in [-0.2, 0) is 33.2 Å². The molecule has 212 valence electrons. The summed E-state index contributed by atoms with van der Waals surface area (Å²) in [6.45, 7) is 2.08. The monoisotopic (exact) mass is 536 g/mol. The fourth-order valence-corrected chi connectivity index (χ4v) is 4.24. The lowest BCUT2D eigenvalue weighted by Gasteiger charge is -2.45. The third-order valence-electron chi connectivity index (χ3n) is 6.07. The van der Waals surface area contributed by atoms with Crippen molar-refractivity contribution in [2.24, 2.45) is 10.1 Å². The van der Waals surface area contributed by atoms with Crippen LogP contribution in [-0.4, -0.2) is 146 Å². The van der Waals surface area contributed by atoms with Gasteiger partial charge in [0, 0.05) is 31.6 Å². The molecule has 0 bridgehead atoms. The van der Waals surface area contributed by atoms with Crippen molar-refractivity contribution < 1.29 is 58.7 Å². The van der Waals surface area contributed by atoms with Gasteiger partial charge < -0.3 is 58.7 Å². The first kappa shape index (κ1) is 29.9. The van der Waals surface area contributed by atoms with Crippen LogP contribution in [0, 0.1) is 0 Å². The van der Waals surface area contributed by atoms with Gasteiger partial charge in [0.05, 0.1) is 33.0 Å². The van der Waals surface area contributed by atoms with E-state index in [9.17, 15) is 25.5 Å². The molecule has 4 unspecified atom stereocenters. The molecule has 0 aromatic carbocycles. The Morgan fingerprint density at radius 1 is 0.919 bits per heavy atom. The predicted octanol–water partition coefficient (Wildman–Crippen LogP) is -2.18. The molecule has 0 radical (unpaired) electrons. The van der Waals surface area contributed by atoms with Crippen LogP contribution in [0.2, 0.25) is 0 Å². The van der Waals surface area contributed by atoms with Crippen molar-refractivity contribution in [1.82, 2.24) is 0 Å². The van der Waals surface area contributed by atoms with Gasteiger partial charge in [0.1, 0.15) is 48.8 Å². The largest absolute Gasteiger partial charge is 0.450 e. The Labute approximate surface area is 213 Å². The van der Waals surface area contributed by atoms with E-state index in [4.69, 9.17) is 38.7 Å². The van der Waals surface area contributed by atoms with Crippen LogP contribution in [0.25, 0.3) is 10.4 Å². The van der Waals surface area contributed by atoms with Crippen molar-refractivity contribution in [3.05, 3.63) is 10.4 Å². The molecule has 3 aliphatic rings. The summed E-state index contributed by atoms with van der Waals surface area (Å²) in [6, 6.07) is -0.798. The quantitative estimate of drug-likeness (QED) is 0.0652. The number of rotatable bonds is 15. The Kier molecular flexibility index (Phi) is 12.2. The van der Waals surface area contributed by atoms with Gasteiger partial charge in [-0.05, 0) is 12.0 Å². The molecule has 0 spiro atoms. The second-order valence-corrected chi connectivity index (χ2v) is 8.65. The minimum Gasteiger partial charge on any atom is -0.450 e. The van der Waals surface area contributed by atoms with Gasteiger partial charge in [-0.3, -0.25) is 0 Å². The molecule has 0 aromatic heterocycles. The third kappa shape index (κ3) is 7.92. The van der Waals surface area contributed by atoms with Gasteiger partial charge in [-0.25, -0.2) is 4.99 Å². The molecule has 0 amide bonds. The molecular formula is C21H36N4O12. The van der Waals surface area contributed by atoms with Crippen molar-refractivity contribution in [2.75, 3.05) is 52.8 Å². The molecule has 0 aromatic rings. The number of fused-ring (bicyclic) bond motifs is 1.